The molecule has 0 bridgehead atoms. The zero-order valence-corrected chi connectivity index (χ0v) is 21.3. The van der Waals surface area contributed by atoms with E-state index in [0.29, 0.717) is 6.42 Å². The molecule has 0 spiro atoms. The number of aromatic nitrogens is 1. The van der Waals surface area contributed by atoms with Crippen LogP contribution in [-0.4, -0.2) is 76.9 Å². The summed E-state index contributed by atoms with van der Waals surface area (Å²) in [5.74, 6) is -4.11. The summed E-state index contributed by atoms with van der Waals surface area (Å²) in [5.41, 5.74) is 23.0. The summed E-state index contributed by atoms with van der Waals surface area (Å²) >= 11 is 0. The van der Waals surface area contributed by atoms with Crippen molar-refractivity contribution in [2.24, 2.45) is 27.9 Å². The van der Waals surface area contributed by atoms with E-state index < -0.39 is 54.3 Å². The summed E-state index contributed by atoms with van der Waals surface area (Å²) in [4.78, 5) is 67.5. The molecule has 2 rings (SSSR count). The van der Waals surface area contributed by atoms with Gasteiger partial charge in [-0.2, -0.15) is 0 Å². The molecule has 1 aromatic heterocycles. The summed E-state index contributed by atoms with van der Waals surface area (Å²) in [6.07, 6.45) is 2.02. The number of nitrogens with one attached hydrogen (secondary N) is 4. The molecule has 0 aliphatic heterocycles. The summed E-state index contributed by atoms with van der Waals surface area (Å²) in [5, 5.41) is 17.5. The summed E-state index contributed by atoms with van der Waals surface area (Å²) in [6.45, 7) is -0.347. The molecule has 13 N–H and O–H groups in total. The number of hydrogen-bond acceptors (Lipinski definition) is 7. The second kappa shape index (κ2) is 14.9. The topological polar surface area (TPSA) is 274 Å². The number of hydrogen-bond donors (Lipinski definition) is 9. The highest BCUT2D eigenvalue weighted by Crippen LogP contribution is 2.19. The number of nitrogens with zero attached hydrogens (tertiary/aromatic N) is 1. The standard InChI is InChI=1S/C24H35N9O6/c25-15(7-8-19(26)34)21(36)33-18(10-13-11-30-16-5-2-1-4-14(13)16)22(37)31-12-20(35)32-17(23(38)39)6-3-9-29-24(27)28/h1-2,4-5,11,15,17-18,30H,3,6-10,12,25H2,(H2,26,34)(H,31,37)(H,32,35)(H,33,36)(H,38,39)(H4,27,28,29). The van der Waals surface area contributed by atoms with Gasteiger partial charge in [-0.3, -0.25) is 24.2 Å². The van der Waals surface area contributed by atoms with Gasteiger partial charge in [-0.1, -0.05) is 18.2 Å². The number of carboxylic acids is 1. The lowest BCUT2D eigenvalue weighted by Crippen LogP contribution is -2.54. The van der Waals surface area contributed by atoms with E-state index in [-0.39, 0.29) is 38.2 Å². The molecule has 0 radical (unpaired) electrons. The number of nitrogens with two attached hydrogens (primary N) is 4. The number of aromatic amines is 1. The minimum Gasteiger partial charge on any atom is -0.480 e. The Bertz CT molecular complexity index is 1210. The van der Waals surface area contributed by atoms with Gasteiger partial charge in [0.15, 0.2) is 5.96 Å². The van der Waals surface area contributed by atoms with Gasteiger partial charge in [0.25, 0.3) is 0 Å². The van der Waals surface area contributed by atoms with Crippen molar-refractivity contribution in [1.29, 1.82) is 0 Å². The third-order valence-corrected chi connectivity index (χ3v) is 5.77. The Morgan fingerprint density at radius 3 is 2.36 bits per heavy atom. The molecule has 1 aromatic carbocycles. The predicted molar refractivity (Wildman–Crippen MR) is 143 cm³/mol. The van der Waals surface area contributed by atoms with Crippen molar-refractivity contribution in [2.75, 3.05) is 13.1 Å². The third-order valence-electron chi connectivity index (χ3n) is 5.77. The smallest absolute Gasteiger partial charge is 0.326 e. The molecule has 1 heterocycles. The predicted octanol–water partition coefficient (Wildman–Crippen LogP) is -2.47. The van der Waals surface area contributed by atoms with E-state index in [4.69, 9.17) is 22.9 Å². The number of H-pyrrole nitrogens is 1. The number of carbonyl (C=O) groups excluding carboxylic acids is 4. The number of carboxylic acid groups (broad SMARTS) is 1. The molecule has 0 aliphatic carbocycles. The molecule has 3 atom stereocenters. The van der Waals surface area contributed by atoms with E-state index >= 15 is 0 Å². The number of benzene rings is 1. The molecule has 15 heteroatoms. The molecule has 0 saturated heterocycles. The highest BCUT2D eigenvalue weighted by molar-refractivity contribution is 5.93. The van der Waals surface area contributed by atoms with Crippen LogP contribution in [0.2, 0.25) is 0 Å². The first-order chi connectivity index (χ1) is 18.5. The van der Waals surface area contributed by atoms with Crippen LogP contribution in [0.5, 0.6) is 0 Å². The summed E-state index contributed by atoms with van der Waals surface area (Å²) in [6, 6.07) is 3.95. The van der Waals surface area contributed by atoms with Gasteiger partial charge in [0.2, 0.25) is 23.6 Å². The molecule has 2 aromatic rings. The van der Waals surface area contributed by atoms with Crippen LogP contribution in [0.15, 0.2) is 35.5 Å². The van der Waals surface area contributed by atoms with Crippen molar-refractivity contribution < 1.29 is 29.1 Å². The molecular formula is C24H35N9O6. The molecule has 0 fully saturated rings. The van der Waals surface area contributed by atoms with Crippen LogP contribution in [0, 0.1) is 0 Å². The number of guanidine groups is 1. The molecule has 4 amide bonds. The van der Waals surface area contributed by atoms with Gasteiger partial charge < -0.3 is 49.0 Å². The van der Waals surface area contributed by atoms with E-state index in [1.165, 1.54) is 0 Å². The highest BCUT2D eigenvalue weighted by atomic mass is 16.4. The normalized spacial score (nSPS) is 13.1. The largest absolute Gasteiger partial charge is 0.480 e. The Morgan fingerprint density at radius 2 is 1.69 bits per heavy atom. The number of fused-ring (bicyclic) bond motifs is 1. The van der Waals surface area contributed by atoms with Crippen LogP contribution < -0.4 is 38.9 Å². The van der Waals surface area contributed by atoms with E-state index in [2.05, 4.69) is 25.9 Å². The lowest BCUT2D eigenvalue weighted by Gasteiger charge is -2.21. The third kappa shape index (κ3) is 10.3. The van der Waals surface area contributed by atoms with Crippen LogP contribution in [0.4, 0.5) is 0 Å². The fraction of sp³-hybridized carbons (Fsp3) is 0.417. The van der Waals surface area contributed by atoms with Crippen molar-refractivity contribution >= 4 is 46.5 Å². The average Bonchev–Trinajstić information content (AvgIpc) is 3.29. The van der Waals surface area contributed by atoms with Crippen LogP contribution in [-0.2, 0) is 30.4 Å². The van der Waals surface area contributed by atoms with Crippen LogP contribution >= 0.6 is 0 Å². The quantitative estimate of drug-likeness (QED) is 0.0613. The van der Waals surface area contributed by atoms with Crippen molar-refractivity contribution in [3.05, 3.63) is 36.0 Å². The van der Waals surface area contributed by atoms with Gasteiger partial charge in [0, 0.05) is 36.5 Å². The van der Waals surface area contributed by atoms with Crippen molar-refractivity contribution in [1.82, 2.24) is 20.9 Å². The SMILES string of the molecule is NC(=O)CCC(N)C(=O)NC(Cc1c[nH]c2ccccc12)C(=O)NCC(=O)NC(CCCN=C(N)N)C(=O)O. The molecule has 0 aliphatic rings. The van der Waals surface area contributed by atoms with E-state index in [1.807, 2.05) is 24.3 Å². The maximum absolute atomic E-state index is 13.0. The fourth-order valence-corrected chi connectivity index (χ4v) is 3.73. The Labute approximate surface area is 224 Å². The van der Waals surface area contributed by atoms with Crippen LogP contribution in [0.25, 0.3) is 10.9 Å². The van der Waals surface area contributed by atoms with Crippen molar-refractivity contribution in [2.45, 2.75) is 50.2 Å². The number of para-hydroxylation sites is 1. The van der Waals surface area contributed by atoms with E-state index in [1.54, 1.807) is 6.20 Å². The van der Waals surface area contributed by atoms with Gasteiger partial charge in [-0.15, -0.1) is 0 Å². The van der Waals surface area contributed by atoms with Crippen molar-refractivity contribution in [3.63, 3.8) is 0 Å². The molecular weight excluding hydrogens is 510 g/mol. The molecule has 15 nitrogen and oxygen atoms in total. The van der Waals surface area contributed by atoms with E-state index in [0.717, 1.165) is 16.5 Å². The number of rotatable bonds is 16. The lowest BCUT2D eigenvalue weighted by atomic mass is 10.0. The Balaban J connectivity index is 2.05. The van der Waals surface area contributed by atoms with Gasteiger partial charge >= 0.3 is 5.97 Å². The van der Waals surface area contributed by atoms with Gasteiger partial charge in [-0.25, -0.2) is 4.79 Å². The first kappa shape index (κ1) is 30.6. The number of primary amides is 1. The number of amides is 4. The Morgan fingerprint density at radius 1 is 0.974 bits per heavy atom. The minimum atomic E-state index is -1.26. The minimum absolute atomic E-state index is 0.00917. The maximum Gasteiger partial charge on any atom is 0.326 e. The fourth-order valence-electron chi connectivity index (χ4n) is 3.73. The lowest BCUT2D eigenvalue weighted by molar-refractivity contribution is -0.142. The van der Waals surface area contributed by atoms with Crippen molar-refractivity contribution in [3.8, 4) is 0 Å². The Kier molecular flexibility index (Phi) is 11.7. The van der Waals surface area contributed by atoms with Gasteiger partial charge in [0.1, 0.15) is 12.1 Å². The second-order valence-electron chi connectivity index (χ2n) is 8.86. The maximum atomic E-state index is 13.0. The van der Waals surface area contributed by atoms with Gasteiger partial charge in [0.05, 0.1) is 12.6 Å². The molecule has 39 heavy (non-hydrogen) atoms. The molecule has 3 unspecified atom stereocenters. The zero-order valence-electron chi connectivity index (χ0n) is 21.3. The zero-order chi connectivity index (χ0) is 28.9. The second-order valence-corrected chi connectivity index (χ2v) is 8.86. The number of aliphatic carboxylic acids is 1. The van der Waals surface area contributed by atoms with Crippen LogP contribution in [0.1, 0.15) is 31.2 Å². The summed E-state index contributed by atoms with van der Waals surface area (Å²) in [7, 11) is 0. The molecule has 0 saturated carbocycles. The summed E-state index contributed by atoms with van der Waals surface area (Å²) < 4.78 is 0. The first-order valence-electron chi connectivity index (χ1n) is 12.2. The van der Waals surface area contributed by atoms with Crippen LogP contribution in [0.3, 0.4) is 0 Å². The molecule has 212 valence electrons. The highest BCUT2D eigenvalue weighted by Gasteiger charge is 2.26. The average molecular weight is 546 g/mol. The van der Waals surface area contributed by atoms with Gasteiger partial charge in [-0.05, 0) is 30.9 Å². The Hall–Kier alpha value is -4.66. The monoisotopic (exact) mass is 545 g/mol. The first-order valence-corrected chi connectivity index (χ1v) is 12.2. The number of aliphatic imine (C=N–C) groups is 1. The number of carbonyl (C=O) groups is 5. The van der Waals surface area contributed by atoms with E-state index in [9.17, 15) is 29.1 Å².